The number of hydrogen-bond donors (Lipinski definition) is 0. The van der Waals surface area contributed by atoms with E-state index in [9.17, 15) is 9.90 Å². The minimum absolute atomic E-state index is 0.0132. The predicted octanol–water partition coefficient (Wildman–Crippen LogP) is 3.88. The van der Waals surface area contributed by atoms with Gasteiger partial charge in [-0.3, -0.25) is 4.79 Å². The summed E-state index contributed by atoms with van der Waals surface area (Å²) in [6, 6.07) is 15.5. The summed E-state index contributed by atoms with van der Waals surface area (Å²) in [5, 5.41) is 13.3. The van der Waals surface area contributed by atoms with Crippen LogP contribution in [0.4, 0.5) is 5.69 Å². The Hall–Kier alpha value is -3.53. The lowest BCUT2D eigenvalue weighted by Crippen LogP contribution is -2.20. The first kappa shape index (κ1) is 16.9. The van der Waals surface area contributed by atoms with Crippen molar-refractivity contribution >= 4 is 34.1 Å². The number of benzene rings is 2. The highest BCUT2D eigenvalue weighted by molar-refractivity contribution is 6.32. The number of anilines is 1. The second-order valence-corrected chi connectivity index (χ2v) is 6.50. The van der Waals surface area contributed by atoms with Gasteiger partial charge in [-0.25, -0.2) is 0 Å². The van der Waals surface area contributed by atoms with Gasteiger partial charge in [-0.15, -0.1) is 0 Å². The summed E-state index contributed by atoms with van der Waals surface area (Å²) in [6.45, 7) is 0. The maximum atomic E-state index is 12.4. The van der Waals surface area contributed by atoms with Crippen molar-refractivity contribution < 1.29 is 9.90 Å². The van der Waals surface area contributed by atoms with Crippen molar-refractivity contribution in [2.24, 2.45) is 7.05 Å². The molecule has 3 aromatic rings. The fourth-order valence-electron chi connectivity index (χ4n) is 3.49. The normalized spacial score (nSPS) is 15.7. The highest BCUT2D eigenvalue weighted by Gasteiger charge is 2.28. The van der Waals surface area contributed by atoms with Gasteiger partial charge < -0.3 is 14.6 Å². The molecule has 27 heavy (non-hydrogen) atoms. The molecular formula is C23H19N2O2-. The third-order valence-corrected chi connectivity index (χ3v) is 4.93. The molecule has 0 spiro atoms. The van der Waals surface area contributed by atoms with Gasteiger partial charge in [0.1, 0.15) is 0 Å². The van der Waals surface area contributed by atoms with Crippen molar-refractivity contribution in [3.8, 4) is 5.88 Å². The van der Waals surface area contributed by atoms with E-state index < -0.39 is 0 Å². The van der Waals surface area contributed by atoms with E-state index in [1.165, 1.54) is 0 Å². The van der Waals surface area contributed by atoms with E-state index >= 15 is 0 Å². The maximum absolute atomic E-state index is 12.4. The molecule has 0 aliphatic carbocycles. The van der Waals surface area contributed by atoms with E-state index in [0.717, 1.165) is 22.2 Å². The lowest BCUT2D eigenvalue weighted by molar-refractivity contribution is -0.278. The van der Waals surface area contributed by atoms with Crippen LogP contribution in [0.3, 0.4) is 0 Å². The number of fused-ring (bicyclic) bond motifs is 2. The van der Waals surface area contributed by atoms with Crippen LogP contribution in [0.25, 0.3) is 22.6 Å². The Kier molecular flexibility index (Phi) is 4.16. The Morgan fingerprint density at radius 3 is 2.52 bits per heavy atom. The number of hydrogen-bond acceptors (Lipinski definition) is 2. The summed E-state index contributed by atoms with van der Waals surface area (Å²) in [7, 11) is 3.56. The van der Waals surface area contributed by atoms with E-state index in [0.29, 0.717) is 11.1 Å². The highest BCUT2D eigenvalue weighted by Crippen LogP contribution is 2.35. The highest BCUT2D eigenvalue weighted by atomic mass is 16.3. The molecule has 0 N–H and O–H groups in total. The third kappa shape index (κ3) is 2.75. The first-order valence-corrected chi connectivity index (χ1v) is 8.76. The van der Waals surface area contributed by atoms with Crippen molar-refractivity contribution in [2.45, 2.75) is 0 Å². The van der Waals surface area contributed by atoms with Gasteiger partial charge in [0.2, 0.25) is 0 Å². The molecule has 4 nitrogen and oxygen atoms in total. The van der Waals surface area contributed by atoms with Crippen molar-refractivity contribution in [3.05, 3.63) is 84.0 Å². The van der Waals surface area contributed by atoms with Crippen LogP contribution < -0.4 is 10.0 Å². The summed E-state index contributed by atoms with van der Waals surface area (Å²) in [5.41, 5.74) is 4.13. The quantitative estimate of drug-likeness (QED) is 0.529. The van der Waals surface area contributed by atoms with Crippen molar-refractivity contribution in [3.63, 3.8) is 0 Å². The fraction of sp³-hybridized carbons (Fsp3) is 0.0870. The van der Waals surface area contributed by atoms with Crippen molar-refractivity contribution in [1.82, 2.24) is 4.57 Å². The Balaban J connectivity index is 1.60. The van der Waals surface area contributed by atoms with Gasteiger partial charge in [0.15, 0.2) is 0 Å². The van der Waals surface area contributed by atoms with Crippen molar-refractivity contribution in [1.29, 1.82) is 0 Å². The first-order valence-electron chi connectivity index (χ1n) is 8.76. The topological polar surface area (TPSA) is 48.3 Å². The second-order valence-electron chi connectivity index (χ2n) is 6.50. The summed E-state index contributed by atoms with van der Waals surface area (Å²) in [5.74, 6) is -0.0264. The monoisotopic (exact) mass is 355 g/mol. The average molecular weight is 355 g/mol. The van der Waals surface area contributed by atoms with Crippen LogP contribution >= 0.6 is 0 Å². The SMILES string of the molecule is CN1C(=O)\C(=C/C=C/C=C/c2c([O-])n(C)c3ccccc23)c2ccccc21. The molecule has 1 aliphatic rings. The van der Waals surface area contributed by atoms with Crippen LogP contribution in [-0.2, 0) is 11.8 Å². The number of allylic oxidation sites excluding steroid dienone is 4. The van der Waals surface area contributed by atoms with Gasteiger partial charge >= 0.3 is 0 Å². The van der Waals surface area contributed by atoms with Crippen LogP contribution in [0.1, 0.15) is 11.1 Å². The molecule has 1 aromatic heterocycles. The molecule has 0 unspecified atom stereocenters. The minimum Gasteiger partial charge on any atom is -0.860 e. The molecule has 134 valence electrons. The minimum atomic E-state index is -0.0132. The molecular weight excluding hydrogens is 336 g/mol. The molecule has 4 rings (SSSR count). The number of likely N-dealkylation sites (N-methyl/N-ethyl adjacent to an activating group) is 1. The molecule has 0 atom stereocenters. The smallest absolute Gasteiger partial charge is 0.258 e. The molecule has 2 aromatic carbocycles. The van der Waals surface area contributed by atoms with Gasteiger partial charge in [-0.1, -0.05) is 60.7 Å². The third-order valence-electron chi connectivity index (χ3n) is 4.93. The zero-order valence-corrected chi connectivity index (χ0v) is 15.2. The second kappa shape index (κ2) is 6.65. The first-order chi connectivity index (χ1) is 13.1. The lowest BCUT2D eigenvalue weighted by Gasteiger charge is -2.08. The molecule has 1 aliphatic heterocycles. The number of aryl methyl sites for hydroxylation is 1. The Bertz CT molecular complexity index is 1130. The van der Waals surface area contributed by atoms with Crippen LogP contribution in [-0.4, -0.2) is 17.5 Å². The Labute approximate surface area is 158 Å². The molecule has 0 saturated heterocycles. The number of carbonyl (C=O) groups is 1. The summed E-state index contributed by atoms with van der Waals surface area (Å²) >= 11 is 0. The molecule has 0 fully saturated rings. The number of aromatic nitrogens is 1. The molecule has 4 heteroatoms. The summed E-state index contributed by atoms with van der Waals surface area (Å²) < 4.78 is 1.66. The zero-order chi connectivity index (χ0) is 19.0. The Morgan fingerprint density at radius 1 is 0.926 bits per heavy atom. The van der Waals surface area contributed by atoms with Gasteiger partial charge in [0.25, 0.3) is 5.91 Å². The van der Waals surface area contributed by atoms with Crippen molar-refractivity contribution in [2.75, 3.05) is 11.9 Å². The maximum Gasteiger partial charge on any atom is 0.258 e. The van der Waals surface area contributed by atoms with Gasteiger partial charge in [-0.2, -0.15) is 0 Å². The van der Waals surface area contributed by atoms with E-state index in [1.54, 1.807) is 23.6 Å². The summed E-state index contributed by atoms with van der Waals surface area (Å²) in [6.07, 6.45) is 9.12. The average Bonchev–Trinajstić information content (AvgIpc) is 3.08. The summed E-state index contributed by atoms with van der Waals surface area (Å²) in [4.78, 5) is 14.1. The standard InChI is InChI=1S/C23H20N2O2/c1-24-20-14-8-6-10-16(20)18(22(24)26)12-4-3-5-13-19-17-11-7-9-15-21(17)25(2)23(19)27/h3-15,26H,1-2H3/p-1/b5-3+,12-4+,19-13-. The van der Waals surface area contributed by atoms with Gasteiger partial charge in [0, 0.05) is 36.1 Å². The number of rotatable bonds is 3. The van der Waals surface area contributed by atoms with Crippen LogP contribution in [0.2, 0.25) is 0 Å². The molecule has 1 amide bonds. The lowest BCUT2D eigenvalue weighted by atomic mass is 10.1. The van der Waals surface area contributed by atoms with Crippen LogP contribution in [0, 0.1) is 0 Å². The van der Waals surface area contributed by atoms with Crippen LogP contribution in [0.5, 0.6) is 5.88 Å². The molecule has 0 radical (unpaired) electrons. The molecule has 2 heterocycles. The van der Waals surface area contributed by atoms with E-state index in [2.05, 4.69) is 0 Å². The van der Waals surface area contributed by atoms with E-state index in [-0.39, 0.29) is 11.8 Å². The fourth-order valence-corrected chi connectivity index (χ4v) is 3.49. The molecule has 0 saturated carbocycles. The zero-order valence-electron chi connectivity index (χ0n) is 15.2. The molecule has 0 bridgehead atoms. The van der Waals surface area contributed by atoms with Gasteiger partial charge in [-0.05, 0) is 29.7 Å². The Morgan fingerprint density at radius 2 is 1.67 bits per heavy atom. The number of nitrogens with zero attached hydrogens (tertiary/aromatic N) is 2. The van der Waals surface area contributed by atoms with Crippen LogP contribution in [0.15, 0.2) is 72.8 Å². The van der Waals surface area contributed by atoms with E-state index in [1.807, 2.05) is 78.9 Å². The van der Waals surface area contributed by atoms with Gasteiger partial charge in [0.05, 0.1) is 5.69 Å². The number of carbonyl (C=O) groups excluding carboxylic acids is 1. The largest absolute Gasteiger partial charge is 0.860 e. The number of amides is 1. The number of para-hydroxylation sites is 2. The predicted molar refractivity (Wildman–Crippen MR) is 108 cm³/mol. The van der Waals surface area contributed by atoms with E-state index in [4.69, 9.17) is 0 Å².